The van der Waals surface area contributed by atoms with Gasteiger partial charge in [0.15, 0.2) is 5.78 Å². The molecule has 1 atom stereocenters. The highest BCUT2D eigenvalue weighted by atomic mass is 127. The molecule has 0 saturated heterocycles. The Kier molecular flexibility index (Phi) is 25.0. The second-order valence-corrected chi connectivity index (χ2v) is 13.3. The SMILES string of the molecule is C=CCOCc1c(OC)cccc1C(=O)CNC(C)(C)C.C=CCOCc1c(OC)cccc1C(=O)OPI.CC(C)(C)NCl.N. The fourth-order valence-electron chi connectivity index (χ4n) is 3.28. The van der Waals surface area contributed by atoms with Gasteiger partial charge in [-0.2, -0.15) is 0 Å². The molecule has 0 aliphatic carbocycles. The molecule has 0 bridgehead atoms. The molecule has 0 aliphatic rings. The molecule has 0 spiro atoms. The average Bonchev–Trinajstić information content (AvgIpc) is 3.00. The first kappa shape index (κ1) is 46.0. The van der Waals surface area contributed by atoms with Crippen molar-refractivity contribution < 1.29 is 33.1 Å². The molecule has 1 unspecified atom stereocenters. The number of carbonyl (C=O) groups is 2. The third kappa shape index (κ3) is 19.5. The second-order valence-electron chi connectivity index (χ2n) is 11.4. The van der Waals surface area contributed by atoms with Gasteiger partial charge in [-0.15, -0.1) is 13.2 Å². The maximum atomic E-state index is 12.4. The molecular weight excluding hydrogens is 744 g/mol. The van der Waals surface area contributed by atoms with Gasteiger partial charge in [0, 0.05) is 27.8 Å². The molecule has 0 fully saturated rings. The minimum atomic E-state index is -0.362. The number of ether oxygens (including phenoxy) is 4. The fourth-order valence-corrected chi connectivity index (χ4v) is 4.06. The maximum Gasteiger partial charge on any atom is 0.341 e. The lowest BCUT2D eigenvalue weighted by atomic mass is 10.0. The lowest BCUT2D eigenvalue weighted by Crippen LogP contribution is -2.39. The maximum absolute atomic E-state index is 12.4. The van der Waals surface area contributed by atoms with Gasteiger partial charge in [-0.3, -0.25) is 4.79 Å². The first-order valence-corrected chi connectivity index (χ1v) is 18.5. The Bertz CT molecular complexity index is 1200. The topological polar surface area (TPSA) is 139 Å². The molecule has 0 aliphatic heterocycles. The molecular formula is C33H52ClIN3O7P. The molecule has 0 amide bonds. The molecule has 46 heavy (non-hydrogen) atoms. The number of carbonyl (C=O) groups excluding carboxylic acids is 2. The van der Waals surface area contributed by atoms with Crippen molar-refractivity contribution in [1.29, 1.82) is 0 Å². The van der Waals surface area contributed by atoms with Gasteiger partial charge < -0.3 is 34.9 Å². The van der Waals surface area contributed by atoms with Gasteiger partial charge in [-0.1, -0.05) is 30.4 Å². The highest BCUT2D eigenvalue weighted by Crippen LogP contribution is 2.29. The summed E-state index contributed by atoms with van der Waals surface area (Å²) in [6.07, 6.45) is 3.33. The van der Waals surface area contributed by atoms with Gasteiger partial charge in [-0.05, 0) is 93.6 Å². The third-order valence-electron chi connectivity index (χ3n) is 5.38. The van der Waals surface area contributed by atoms with Gasteiger partial charge >= 0.3 is 5.97 Å². The summed E-state index contributed by atoms with van der Waals surface area (Å²) >= 11 is 7.23. The van der Waals surface area contributed by atoms with Crippen LogP contribution in [0.2, 0.25) is 0 Å². The van der Waals surface area contributed by atoms with Crippen LogP contribution in [-0.4, -0.2) is 56.8 Å². The Morgan fingerprint density at radius 3 is 1.65 bits per heavy atom. The standard InChI is InChI=1S/C17H25NO3.C12H14IO4P.C4H10ClN.H3N/c1-6-10-21-12-14-13(8-7-9-16(14)20-5)15(19)11-18-17(2,3)4;1-3-7-16-8-10-9(12(14)17-18-13)5-4-6-11(10)15-2;1-4(2,3)6-5;/h6-9,18H,1,10-12H2,2-5H3;3-6,18H,1,7-8H2,2H3;6H,1-3H3;1H3. The van der Waals surface area contributed by atoms with Gasteiger partial charge in [-0.25, -0.2) is 9.63 Å². The molecule has 2 rings (SSSR count). The molecule has 0 aromatic heterocycles. The lowest BCUT2D eigenvalue weighted by molar-refractivity contribution is 0.0756. The molecule has 0 radical (unpaired) electrons. The summed E-state index contributed by atoms with van der Waals surface area (Å²) in [6.45, 7) is 21.1. The second kappa shape index (κ2) is 25.0. The first-order valence-electron chi connectivity index (χ1n) is 14.1. The zero-order valence-electron chi connectivity index (χ0n) is 28.4. The quantitative estimate of drug-likeness (QED) is 0.0404. The van der Waals surface area contributed by atoms with Crippen LogP contribution >= 0.6 is 40.3 Å². The Morgan fingerprint density at radius 1 is 0.848 bits per heavy atom. The number of rotatable bonds is 15. The Balaban J connectivity index is 0. The van der Waals surface area contributed by atoms with E-state index in [1.165, 1.54) is 0 Å². The Morgan fingerprint density at radius 2 is 1.28 bits per heavy atom. The van der Waals surface area contributed by atoms with E-state index in [0.29, 0.717) is 48.0 Å². The number of Topliss-reactive ketones (excluding diaryl/α,β-unsaturated/α-hetero) is 1. The molecule has 5 N–H and O–H groups in total. The highest BCUT2D eigenvalue weighted by molar-refractivity contribution is 14.2. The number of halogens is 2. The van der Waals surface area contributed by atoms with Crippen molar-refractivity contribution >= 4 is 52.0 Å². The zero-order chi connectivity index (χ0) is 34.5. The van der Waals surface area contributed by atoms with Crippen LogP contribution < -0.4 is 25.8 Å². The van der Waals surface area contributed by atoms with Crippen LogP contribution in [-0.2, 0) is 27.2 Å². The smallest absolute Gasteiger partial charge is 0.341 e. The van der Waals surface area contributed by atoms with E-state index >= 15 is 0 Å². The fraction of sp³-hybridized carbons (Fsp3) is 0.455. The zero-order valence-corrected chi connectivity index (χ0v) is 32.3. The predicted octanol–water partition coefficient (Wildman–Crippen LogP) is 8.16. The van der Waals surface area contributed by atoms with E-state index in [2.05, 4.69) is 23.3 Å². The van der Waals surface area contributed by atoms with Crippen molar-refractivity contribution in [3.05, 3.63) is 84.0 Å². The number of ketones is 1. The van der Waals surface area contributed by atoms with E-state index < -0.39 is 0 Å². The van der Waals surface area contributed by atoms with Crippen molar-refractivity contribution in [2.45, 2.75) is 65.8 Å². The van der Waals surface area contributed by atoms with Crippen LogP contribution in [0.15, 0.2) is 61.7 Å². The minimum absolute atomic E-state index is 0. The number of hydrogen-bond donors (Lipinski definition) is 3. The van der Waals surface area contributed by atoms with Crippen LogP contribution in [0.25, 0.3) is 0 Å². The van der Waals surface area contributed by atoms with E-state index in [-0.39, 0.29) is 48.6 Å². The molecule has 0 heterocycles. The highest BCUT2D eigenvalue weighted by Gasteiger charge is 2.18. The molecule has 0 saturated carbocycles. The summed E-state index contributed by atoms with van der Waals surface area (Å²) < 4.78 is 26.4. The largest absolute Gasteiger partial charge is 0.496 e. The van der Waals surface area contributed by atoms with Crippen LogP contribution in [0, 0.1) is 0 Å². The third-order valence-corrected chi connectivity index (χ3v) is 6.87. The molecule has 260 valence electrons. The Labute approximate surface area is 295 Å². The van der Waals surface area contributed by atoms with E-state index in [1.807, 2.05) is 81.8 Å². The van der Waals surface area contributed by atoms with E-state index in [4.69, 9.17) is 35.2 Å². The van der Waals surface area contributed by atoms with Crippen LogP contribution in [0.4, 0.5) is 0 Å². The summed E-state index contributed by atoms with van der Waals surface area (Å²) in [4.78, 5) is 26.8. The van der Waals surface area contributed by atoms with Crippen molar-refractivity contribution in [1.82, 2.24) is 16.3 Å². The van der Waals surface area contributed by atoms with Crippen LogP contribution in [0.3, 0.4) is 0 Å². The monoisotopic (exact) mass is 795 g/mol. The van der Waals surface area contributed by atoms with E-state index in [1.54, 1.807) is 44.6 Å². The van der Waals surface area contributed by atoms with Gasteiger partial charge in [0.2, 0.25) is 0 Å². The summed E-state index contributed by atoms with van der Waals surface area (Å²) in [7, 11) is 3.15. The number of hydrogen-bond acceptors (Lipinski definition) is 10. The predicted molar refractivity (Wildman–Crippen MR) is 199 cm³/mol. The van der Waals surface area contributed by atoms with Gasteiger partial charge in [0.1, 0.15) is 17.9 Å². The van der Waals surface area contributed by atoms with E-state index in [0.717, 1.165) is 5.56 Å². The number of nitrogens with one attached hydrogen (secondary N) is 2. The number of benzene rings is 2. The summed E-state index contributed by atoms with van der Waals surface area (Å²) in [5, 5.41) is 3.20. The van der Waals surface area contributed by atoms with E-state index in [9.17, 15) is 9.59 Å². The first-order chi connectivity index (χ1) is 21.2. The van der Waals surface area contributed by atoms with Crippen molar-refractivity contribution in [2.24, 2.45) is 0 Å². The van der Waals surface area contributed by atoms with Crippen LogP contribution in [0.5, 0.6) is 11.5 Å². The lowest BCUT2D eigenvalue weighted by Gasteiger charge is -2.20. The van der Waals surface area contributed by atoms with Crippen molar-refractivity contribution in [3.8, 4) is 11.5 Å². The molecule has 13 heteroatoms. The normalized spacial score (nSPS) is 10.8. The van der Waals surface area contributed by atoms with Gasteiger partial charge in [0.05, 0.1) is 52.8 Å². The molecule has 2 aromatic carbocycles. The minimum Gasteiger partial charge on any atom is -0.496 e. The van der Waals surface area contributed by atoms with Crippen LogP contribution in [0.1, 0.15) is 73.4 Å². The Hall–Kier alpha value is -2.09. The molecule has 2 aromatic rings. The van der Waals surface area contributed by atoms with Gasteiger partial charge in [0.25, 0.3) is 0 Å². The average molecular weight is 796 g/mol. The summed E-state index contributed by atoms with van der Waals surface area (Å²) in [5.74, 6) is 0.950. The molecule has 10 nitrogen and oxygen atoms in total. The number of methoxy groups -OCH3 is 2. The van der Waals surface area contributed by atoms with Crippen molar-refractivity contribution in [2.75, 3.05) is 34.0 Å². The summed E-state index contributed by atoms with van der Waals surface area (Å²) in [5.41, 5.74) is 2.54. The summed E-state index contributed by atoms with van der Waals surface area (Å²) in [6, 6.07) is 10.7. The van der Waals surface area contributed by atoms with Crippen molar-refractivity contribution in [3.63, 3.8) is 0 Å².